The topological polar surface area (TPSA) is 99.1 Å². The smallest absolute Gasteiger partial charge is 0.415 e. The lowest BCUT2D eigenvalue weighted by Gasteiger charge is -2.30. The molecule has 5 atom stereocenters. The lowest BCUT2D eigenvalue weighted by molar-refractivity contribution is -0.121. The van der Waals surface area contributed by atoms with Gasteiger partial charge in [0, 0.05) is 6.42 Å². The van der Waals surface area contributed by atoms with Gasteiger partial charge in [-0.15, -0.1) is 0 Å². The Balaban J connectivity index is 1.55. The molecular weight excluding hydrogens is 367 g/mol. The average Bonchev–Trinajstić information content (AvgIpc) is 3.18. The SMILES string of the molecule is CCC(=O)NC[C@@H]1OC(=O)N2c3cc(F)c(C4CC[C@@H](O)[C@@H](O)C4)cc3C[C@@H]12. The Morgan fingerprint density at radius 1 is 1.32 bits per heavy atom. The van der Waals surface area contributed by atoms with E-state index in [2.05, 4.69) is 5.32 Å². The molecule has 7 nitrogen and oxygen atoms in total. The van der Waals surface area contributed by atoms with Crippen LogP contribution in [0.2, 0.25) is 0 Å². The van der Waals surface area contributed by atoms with Gasteiger partial charge in [0.1, 0.15) is 11.9 Å². The van der Waals surface area contributed by atoms with Crippen LogP contribution in [0.4, 0.5) is 14.9 Å². The predicted molar refractivity (Wildman–Crippen MR) is 98.5 cm³/mol. The molecule has 28 heavy (non-hydrogen) atoms. The first-order valence-corrected chi connectivity index (χ1v) is 9.84. The molecule has 1 unspecified atom stereocenters. The Morgan fingerprint density at radius 3 is 2.82 bits per heavy atom. The van der Waals surface area contributed by atoms with Gasteiger partial charge in [-0.1, -0.05) is 13.0 Å². The highest BCUT2D eigenvalue weighted by atomic mass is 19.1. The fraction of sp³-hybridized carbons (Fsp3) is 0.600. The number of hydrogen-bond acceptors (Lipinski definition) is 5. The maximum absolute atomic E-state index is 14.9. The average molecular weight is 392 g/mol. The Bertz CT molecular complexity index is 801. The standard InChI is InChI=1S/C20H25FN2O5/c1-2-19(26)22-9-18-15-6-11-5-12(10-3-4-16(24)17(25)7-10)13(21)8-14(11)23(15)20(27)28-18/h5,8,10,15-18,24-25H,2-4,6-7,9H2,1H3,(H,22,26)/t10?,15-,16+,17-,18-/m0/s1. The molecule has 0 aromatic heterocycles. The van der Waals surface area contributed by atoms with Crippen LogP contribution in [0.25, 0.3) is 0 Å². The van der Waals surface area contributed by atoms with Crippen LogP contribution < -0.4 is 10.2 Å². The van der Waals surface area contributed by atoms with Crippen molar-refractivity contribution < 1.29 is 28.9 Å². The molecule has 0 spiro atoms. The van der Waals surface area contributed by atoms with E-state index < -0.39 is 30.2 Å². The number of aliphatic hydroxyl groups excluding tert-OH is 2. The van der Waals surface area contributed by atoms with Crippen molar-refractivity contribution in [3.63, 3.8) is 0 Å². The third kappa shape index (κ3) is 3.24. The first kappa shape index (κ1) is 19.1. The molecule has 1 aliphatic carbocycles. The zero-order chi connectivity index (χ0) is 20.0. The second-order valence-corrected chi connectivity index (χ2v) is 7.87. The number of nitrogens with one attached hydrogen (secondary N) is 1. The van der Waals surface area contributed by atoms with Crippen LogP contribution in [0.5, 0.6) is 0 Å². The van der Waals surface area contributed by atoms with Gasteiger partial charge in [-0.25, -0.2) is 9.18 Å². The summed E-state index contributed by atoms with van der Waals surface area (Å²) in [6.07, 6.45) is -0.375. The number of anilines is 1. The van der Waals surface area contributed by atoms with Crippen molar-refractivity contribution in [3.8, 4) is 0 Å². The van der Waals surface area contributed by atoms with E-state index >= 15 is 0 Å². The number of aliphatic hydroxyl groups is 2. The lowest BCUT2D eigenvalue weighted by atomic mass is 9.80. The molecule has 2 aliphatic heterocycles. The molecule has 1 aromatic carbocycles. The summed E-state index contributed by atoms with van der Waals surface area (Å²) in [6.45, 7) is 1.98. The maximum Gasteiger partial charge on any atom is 0.415 e. The van der Waals surface area contributed by atoms with Gasteiger partial charge >= 0.3 is 6.09 Å². The van der Waals surface area contributed by atoms with Gasteiger partial charge in [0.25, 0.3) is 0 Å². The summed E-state index contributed by atoms with van der Waals surface area (Å²) in [5.41, 5.74) is 1.90. The van der Waals surface area contributed by atoms with E-state index in [9.17, 15) is 24.2 Å². The molecule has 3 N–H and O–H groups in total. The van der Waals surface area contributed by atoms with Gasteiger partial charge in [0.15, 0.2) is 0 Å². The summed E-state index contributed by atoms with van der Waals surface area (Å²) in [4.78, 5) is 25.3. The summed E-state index contributed by atoms with van der Waals surface area (Å²) >= 11 is 0. The van der Waals surface area contributed by atoms with Gasteiger partial charge in [-0.3, -0.25) is 9.69 Å². The maximum atomic E-state index is 14.9. The number of fused-ring (bicyclic) bond motifs is 3. The third-order valence-corrected chi connectivity index (χ3v) is 6.14. The number of rotatable bonds is 4. The summed E-state index contributed by atoms with van der Waals surface area (Å²) < 4.78 is 20.2. The first-order valence-electron chi connectivity index (χ1n) is 9.84. The van der Waals surface area contributed by atoms with Crippen LogP contribution >= 0.6 is 0 Å². The van der Waals surface area contributed by atoms with E-state index in [1.807, 2.05) is 0 Å². The summed E-state index contributed by atoms with van der Waals surface area (Å²) in [5.74, 6) is -0.689. The fourth-order valence-electron chi connectivity index (χ4n) is 4.55. The highest BCUT2D eigenvalue weighted by Crippen LogP contribution is 2.43. The number of nitrogens with zero attached hydrogens (tertiary/aromatic N) is 1. The van der Waals surface area contributed by atoms with Crippen molar-refractivity contribution in [2.24, 2.45) is 0 Å². The van der Waals surface area contributed by atoms with Crippen LogP contribution in [-0.4, -0.2) is 53.1 Å². The number of hydrogen-bond donors (Lipinski definition) is 3. The van der Waals surface area contributed by atoms with Gasteiger partial charge < -0.3 is 20.3 Å². The molecule has 1 saturated carbocycles. The van der Waals surface area contributed by atoms with Crippen LogP contribution in [0.3, 0.4) is 0 Å². The summed E-state index contributed by atoms with van der Waals surface area (Å²) in [5, 5.41) is 22.4. The van der Waals surface area contributed by atoms with Gasteiger partial charge in [0.05, 0.1) is 30.5 Å². The van der Waals surface area contributed by atoms with Crippen molar-refractivity contribution in [3.05, 3.63) is 29.1 Å². The third-order valence-electron chi connectivity index (χ3n) is 6.14. The molecule has 2 fully saturated rings. The summed E-state index contributed by atoms with van der Waals surface area (Å²) in [7, 11) is 0. The van der Waals surface area contributed by atoms with Crippen LogP contribution in [0.15, 0.2) is 12.1 Å². The molecule has 2 amide bonds. The number of halogens is 1. The van der Waals surface area contributed by atoms with Crippen LogP contribution in [0, 0.1) is 5.82 Å². The molecule has 2 heterocycles. The van der Waals surface area contributed by atoms with E-state index in [1.54, 1.807) is 13.0 Å². The van der Waals surface area contributed by atoms with Crippen molar-refractivity contribution in [1.29, 1.82) is 0 Å². The van der Waals surface area contributed by atoms with Gasteiger partial charge in [-0.2, -0.15) is 0 Å². The minimum atomic E-state index is -0.851. The normalized spacial score (nSPS) is 31.4. The van der Waals surface area contributed by atoms with Crippen molar-refractivity contribution in [1.82, 2.24) is 5.32 Å². The number of benzene rings is 1. The molecule has 0 bridgehead atoms. The van der Waals surface area contributed by atoms with E-state index in [1.165, 1.54) is 11.0 Å². The zero-order valence-electron chi connectivity index (χ0n) is 15.7. The minimum absolute atomic E-state index is 0.114. The van der Waals surface area contributed by atoms with E-state index in [-0.39, 0.29) is 24.4 Å². The Morgan fingerprint density at radius 2 is 2.11 bits per heavy atom. The Kier molecular flexibility index (Phi) is 5.01. The molecule has 4 rings (SSSR count). The van der Waals surface area contributed by atoms with E-state index in [0.717, 1.165) is 5.56 Å². The fourth-order valence-corrected chi connectivity index (χ4v) is 4.55. The molecule has 1 aromatic rings. The van der Waals surface area contributed by atoms with Crippen molar-refractivity contribution >= 4 is 17.7 Å². The lowest BCUT2D eigenvalue weighted by Crippen LogP contribution is -2.40. The minimum Gasteiger partial charge on any atom is -0.442 e. The molecule has 0 radical (unpaired) electrons. The number of carbonyl (C=O) groups is 2. The number of ether oxygens (including phenoxy) is 1. The number of cyclic esters (lactones) is 1. The van der Waals surface area contributed by atoms with Crippen molar-refractivity contribution in [2.75, 3.05) is 11.4 Å². The van der Waals surface area contributed by atoms with Gasteiger partial charge in [-0.05, 0) is 48.8 Å². The molecule has 1 saturated heterocycles. The number of amides is 2. The molecule has 8 heteroatoms. The Hall–Kier alpha value is -2.19. The molecule has 3 aliphatic rings. The molecular formula is C20H25FN2O5. The second kappa shape index (κ2) is 7.33. The van der Waals surface area contributed by atoms with E-state index in [0.29, 0.717) is 43.4 Å². The van der Waals surface area contributed by atoms with Crippen molar-refractivity contribution in [2.45, 2.75) is 69.3 Å². The summed E-state index contributed by atoms with van der Waals surface area (Å²) in [6, 6.07) is 2.89. The predicted octanol–water partition coefficient (Wildman–Crippen LogP) is 1.59. The zero-order valence-corrected chi connectivity index (χ0v) is 15.7. The van der Waals surface area contributed by atoms with Crippen LogP contribution in [-0.2, 0) is 16.0 Å². The molecule has 152 valence electrons. The highest BCUT2D eigenvalue weighted by Gasteiger charge is 2.48. The largest absolute Gasteiger partial charge is 0.442 e. The quantitative estimate of drug-likeness (QED) is 0.723. The monoisotopic (exact) mass is 392 g/mol. The number of carbonyl (C=O) groups excluding carboxylic acids is 2. The second-order valence-electron chi connectivity index (χ2n) is 7.87. The Labute approximate surface area is 162 Å². The van der Waals surface area contributed by atoms with Gasteiger partial charge in [0.2, 0.25) is 5.91 Å². The van der Waals surface area contributed by atoms with Crippen LogP contribution in [0.1, 0.15) is 49.7 Å². The van der Waals surface area contributed by atoms with E-state index in [4.69, 9.17) is 4.74 Å². The first-order chi connectivity index (χ1) is 13.4. The highest BCUT2D eigenvalue weighted by molar-refractivity contribution is 5.94.